The summed E-state index contributed by atoms with van der Waals surface area (Å²) in [7, 11) is -1.77. The summed E-state index contributed by atoms with van der Waals surface area (Å²) in [5, 5.41) is 6.94. The van der Waals surface area contributed by atoms with Gasteiger partial charge in [-0.2, -0.15) is 0 Å². The van der Waals surface area contributed by atoms with E-state index in [1.807, 2.05) is 10.3 Å². The molecule has 1 unspecified atom stereocenters. The fraction of sp³-hybridized carbons (Fsp3) is 0.718. The number of hydrogen-bond donors (Lipinski definition) is 1. The third-order valence-corrected chi connectivity index (χ3v) is 16.9. The molecule has 0 radical (unpaired) electrons. The number of halogens is 1. The van der Waals surface area contributed by atoms with E-state index in [4.69, 9.17) is 25.5 Å². The minimum Gasteiger partial charge on any atom is -0.417 e. The number of hydrogen-bond acceptors (Lipinski definition) is 8. The van der Waals surface area contributed by atoms with Gasteiger partial charge in [-0.15, -0.1) is 11.3 Å². The normalized spacial score (nSPS) is 17.5. The lowest BCUT2D eigenvalue weighted by atomic mass is 9.89. The zero-order valence-electron chi connectivity index (χ0n) is 32.3. The Balaban J connectivity index is 1.21. The molecule has 2 aliphatic heterocycles. The van der Waals surface area contributed by atoms with Gasteiger partial charge in [-0.05, 0) is 67.8 Å². The van der Waals surface area contributed by atoms with Crippen molar-refractivity contribution in [2.24, 2.45) is 0 Å². The fourth-order valence-electron chi connectivity index (χ4n) is 6.50. The number of rotatable bonds is 18. The monoisotopic (exact) mass is 762 g/mol. The van der Waals surface area contributed by atoms with Crippen LogP contribution in [0, 0.1) is 0 Å². The van der Waals surface area contributed by atoms with Crippen molar-refractivity contribution in [3.63, 3.8) is 0 Å². The number of nitrogens with zero attached hydrogens (tertiary/aromatic N) is 3. The standard InChI is InChI=1S/C39H63ClN4O5SSi/c1-8-10-15-32(26-34(45)41-19-12-23-49-51(6,7)38(3,4)5)47-24-16-30-13-11-14-31(36(30)40)27-43-20-17-39(18-21-43)29-44(22-25-48-39)37(46)33-28-50-35(9-2)42-33/h11,13-14,28,32H,8-10,12,15-27,29H2,1-7H3,(H,41,45). The highest BCUT2D eigenvalue weighted by atomic mass is 35.5. The summed E-state index contributed by atoms with van der Waals surface area (Å²) in [6, 6.07) is 6.26. The van der Waals surface area contributed by atoms with E-state index in [-0.39, 0.29) is 28.6 Å². The Morgan fingerprint density at radius 2 is 1.86 bits per heavy atom. The molecule has 0 saturated carbocycles. The lowest BCUT2D eigenvalue weighted by Gasteiger charge is -2.47. The van der Waals surface area contributed by atoms with Gasteiger partial charge in [0.15, 0.2) is 8.32 Å². The number of amides is 2. The average molecular weight is 764 g/mol. The molecular weight excluding hydrogens is 700 g/mol. The summed E-state index contributed by atoms with van der Waals surface area (Å²) in [4.78, 5) is 34.9. The van der Waals surface area contributed by atoms with Crippen molar-refractivity contribution in [2.45, 2.75) is 129 Å². The largest absolute Gasteiger partial charge is 0.417 e. The Morgan fingerprint density at radius 1 is 1.12 bits per heavy atom. The summed E-state index contributed by atoms with van der Waals surface area (Å²) in [5.41, 5.74) is 2.44. The number of aryl methyl sites for hydroxylation is 1. The van der Waals surface area contributed by atoms with Gasteiger partial charge in [0.2, 0.25) is 5.91 Å². The molecule has 2 amide bonds. The van der Waals surface area contributed by atoms with Crippen LogP contribution in [0.2, 0.25) is 23.2 Å². The molecule has 4 rings (SSSR count). The van der Waals surface area contributed by atoms with E-state index in [1.165, 1.54) is 0 Å². The Hall–Kier alpha value is -1.86. The number of aromatic nitrogens is 1. The molecule has 51 heavy (non-hydrogen) atoms. The van der Waals surface area contributed by atoms with Crippen LogP contribution < -0.4 is 5.32 Å². The first-order chi connectivity index (χ1) is 24.3. The minimum absolute atomic E-state index is 0.0157. The van der Waals surface area contributed by atoms with Gasteiger partial charge in [0, 0.05) is 49.7 Å². The Kier molecular flexibility index (Phi) is 16.0. The van der Waals surface area contributed by atoms with Crippen molar-refractivity contribution in [2.75, 3.05) is 52.5 Å². The molecule has 1 aromatic carbocycles. The molecule has 2 aromatic rings. The number of carbonyl (C=O) groups is 2. The summed E-state index contributed by atoms with van der Waals surface area (Å²) in [5.74, 6) is 0.0525. The van der Waals surface area contributed by atoms with Crippen molar-refractivity contribution in [3.05, 3.63) is 50.4 Å². The summed E-state index contributed by atoms with van der Waals surface area (Å²) in [6.07, 6.45) is 7.30. The maximum absolute atomic E-state index is 13.2. The molecule has 2 aliphatic rings. The second-order valence-electron chi connectivity index (χ2n) is 15.8. The van der Waals surface area contributed by atoms with Crippen molar-refractivity contribution in [1.29, 1.82) is 0 Å². The highest BCUT2D eigenvalue weighted by Gasteiger charge is 2.41. The zero-order chi connectivity index (χ0) is 37.1. The van der Waals surface area contributed by atoms with E-state index in [0.717, 1.165) is 85.7 Å². The predicted molar refractivity (Wildman–Crippen MR) is 210 cm³/mol. The molecule has 12 heteroatoms. The minimum atomic E-state index is -1.77. The molecule has 1 aromatic heterocycles. The molecule has 3 heterocycles. The second-order valence-corrected chi connectivity index (χ2v) is 21.9. The zero-order valence-corrected chi connectivity index (χ0v) is 34.9. The summed E-state index contributed by atoms with van der Waals surface area (Å²) < 4.78 is 18.9. The van der Waals surface area contributed by atoms with Gasteiger partial charge in [0.25, 0.3) is 5.91 Å². The first-order valence-electron chi connectivity index (χ1n) is 19.1. The number of unbranched alkanes of at least 4 members (excludes halogenated alkanes) is 1. The molecule has 2 fully saturated rings. The predicted octanol–water partition coefficient (Wildman–Crippen LogP) is 7.90. The molecule has 1 N–H and O–H groups in total. The highest BCUT2D eigenvalue weighted by molar-refractivity contribution is 7.09. The van der Waals surface area contributed by atoms with E-state index < -0.39 is 8.32 Å². The quantitative estimate of drug-likeness (QED) is 0.122. The van der Waals surface area contributed by atoms with Gasteiger partial charge in [-0.1, -0.05) is 77.3 Å². The SMILES string of the molecule is CCCCC(CC(=O)NCCCO[Si](C)(C)C(C)(C)C)OCCc1cccc(CN2CCC3(CC2)CN(C(=O)c2csc(CC)n2)CCO3)c1Cl. The molecular formula is C39H63ClN4O5SSi. The molecule has 0 bridgehead atoms. The smallest absolute Gasteiger partial charge is 0.273 e. The van der Waals surface area contributed by atoms with Crippen molar-refractivity contribution < 1.29 is 23.5 Å². The Morgan fingerprint density at radius 3 is 2.55 bits per heavy atom. The van der Waals surface area contributed by atoms with E-state index in [2.05, 4.69) is 81.1 Å². The van der Waals surface area contributed by atoms with Crippen LogP contribution in [-0.2, 0) is 38.1 Å². The molecule has 0 aliphatic carbocycles. The van der Waals surface area contributed by atoms with Gasteiger partial charge in [0.05, 0.1) is 42.9 Å². The molecule has 1 spiro atoms. The van der Waals surface area contributed by atoms with Gasteiger partial charge in [-0.25, -0.2) is 4.98 Å². The average Bonchev–Trinajstić information content (AvgIpc) is 3.58. The maximum atomic E-state index is 13.2. The molecule has 1 atom stereocenters. The van der Waals surface area contributed by atoms with Crippen LogP contribution >= 0.6 is 22.9 Å². The van der Waals surface area contributed by atoms with E-state index >= 15 is 0 Å². The Labute approximate surface area is 317 Å². The van der Waals surface area contributed by atoms with E-state index in [0.29, 0.717) is 58.0 Å². The van der Waals surface area contributed by atoms with Gasteiger partial charge < -0.3 is 24.1 Å². The molecule has 9 nitrogen and oxygen atoms in total. The summed E-state index contributed by atoms with van der Waals surface area (Å²) >= 11 is 8.54. The number of carbonyl (C=O) groups excluding carboxylic acids is 2. The maximum Gasteiger partial charge on any atom is 0.273 e. The second kappa shape index (κ2) is 19.5. The lowest BCUT2D eigenvalue weighted by Crippen LogP contribution is -2.58. The van der Waals surface area contributed by atoms with Crippen LogP contribution in [0.1, 0.15) is 106 Å². The molecule has 286 valence electrons. The van der Waals surface area contributed by atoms with E-state index in [9.17, 15) is 9.59 Å². The summed E-state index contributed by atoms with van der Waals surface area (Å²) in [6.45, 7) is 21.6. The first kappa shape index (κ1) is 41.9. The van der Waals surface area contributed by atoms with Gasteiger partial charge >= 0.3 is 0 Å². The number of ether oxygens (including phenoxy) is 2. The van der Waals surface area contributed by atoms with Crippen molar-refractivity contribution in [1.82, 2.24) is 20.1 Å². The van der Waals surface area contributed by atoms with Crippen LogP contribution in [-0.4, -0.2) is 99.2 Å². The Bertz CT molecular complexity index is 1410. The van der Waals surface area contributed by atoms with Crippen molar-refractivity contribution in [3.8, 4) is 0 Å². The number of likely N-dealkylation sites (tertiary alicyclic amines) is 1. The van der Waals surface area contributed by atoms with E-state index in [1.54, 1.807) is 11.3 Å². The first-order valence-corrected chi connectivity index (χ1v) is 23.3. The van der Waals surface area contributed by atoms with Gasteiger partial charge in [-0.3, -0.25) is 14.5 Å². The van der Waals surface area contributed by atoms with Crippen LogP contribution in [0.4, 0.5) is 0 Å². The topological polar surface area (TPSA) is 93.2 Å². The number of piperidine rings is 1. The third kappa shape index (κ3) is 12.3. The molecule has 2 saturated heterocycles. The number of benzene rings is 1. The number of thiazole rings is 1. The van der Waals surface area contributed by atoms with Crippen LogP contribution in [0.5, 0.6) is 0 Å². The van der Waals surface area contributed by atoms with Crippen molar-refractivity contribution >= 4 is 43.1 Å². The van der Waals surface area contributed by atoms with Crippen LogP contribution in [0.25, 0.3) is 0 Å². The number of morpholine rings is 1. The van der Waals surface area contributed by atoms with Crippen LogP contribution in [0.3, 0.4) is 0 Å². The number of nitrogens with one attached hydrogen (secondary N) is 1. The van der Waals surface area contributed by atoms with Gasteiger partial charge in [0.1, 0.15) is 5.69 Å². The lowest BCUT2D eigenvalue weighted by molar-refractivity contribution is -0.128. The highest BCUT2D eigenvalue weighted by Crippen LogP contribution is 2.36. The van der Waals surface area contributed by atoms with Crippen LogP contribution in [0.15, 0.2) is 23.6 Å². The third-order valence-electron chi connectivity index (χ3n) is 10.9. The fourth-order valence-corrected chi connectivity index (χ4v) is 8.58.